The van der Waals surface area contributed by atoms with Crippen LogP contribution in [0.5, 0.6) is 11.5 Å². The third-order valence-electron chi connectivity index (χ3n) is 4.79. The van der Waals surface area contributed by atoms with E-state index in [4.69, 9.17) is 9.47 Å². The Morgan fingerprint density at radius 3 is 2.80 bits per heavy atom. The van der Waals surface area contributed by atoms with E-state index in [1.54, 1.807) is 4.90 Å². The van der Waals surface area contributed by atoms with Crippen molar-refractivity contribution in [2.75, 3.05) is 20.3 Å². The van der Waals surface area contributed by atoms with Crippen LogP contribution in [0.15, 0.2) is 36.4 Å². The van der Waals surface area contributed by atoms with Gasteiger partial charge in [0.15, 0.2) is 0 Å². The van der Waals surface area contributed by atoms with Gasteiger partial charge in [0.05, 0.1) is 13.2 Å². The third-order valence-corrected chi connectivity index (χ3v) is 4.79. The molecule has 0 spiro atoms. The molecular weight excluding hydrogens is 316 g/mol. The smallest absolute Gasteiger partial charge is 0.317 e. The van der Waals surface area contributed by atoms with Crippen LogP contribution in [0.4, 0.5) is 4.79 Å². The number of carbonyl (C=O) groups is 1. The van der Waals surface area contributed by atoms with Gasteiger partial charge in [0.2, 0.25) is 0 Å². The Morgan fingerprint density at radius 2 is 1.96 bits per heavy atom. The van der Waals surface area contributed by atoms with Gasteiger partial charge in [-0.05, 0) is 11.6 Å². The van der Waals surface area contributed by atoms with Crippen LogP contribution < -0.4 is 14.8 Å². The van der Waals surface area contributed by atoms with E-state index in [-0.39, 0.29) is 6.03 Å². The van der Waals surface area contributed by atoms with Crippen LogP contribution >= 0.6 is 0 Å². The maximum atomic E-state index is 12.5. The minimum atomic E-state index is -0.0906. The van der Waals surface area contributed by atoms with Gasteiger partial charge in [0.25, 0.3) is 0 Å². The molecule has 130 valence electrons. The van der Waals surface area contributed by atoms with Gasteiger partial charge in [-0.25, -0.2) is 4.79 Å². The molecule has 5 heteroatoms. The van der Waals surface area contributed by atoms with E-state index in [1.807, 2.05) is 37.4 Å². The number of carbonyl (C=O) groups excluding carboxylic acids is 1. The SMILES string of the molecule is CN(Cc1ccccc1)C(=O)NCc1c2c(cc3c1OCC3)OCC2. The second kappa shape index (κ2) is 6.67. The van der Waals surface area contributed by atoms with E-state index in [1.165, 1.54) is 11.1 Å². The zero-order valence-corrected chi connectivity index (χ0v) is 14.4. The minimum absolute atomic E-state index is 0.0906. The highest BCUT2D eigenvalue weighted by atomic mass is 16.5. The van der Waals surface area contributed by atoms with Crippen molar-refractivity contribution >= 4 is 6.03 Å². The Kier molecular flexibility index (Phi) is 4.22. The predicted octanol–water partition coefficient (Wildman–Crippen LogP) is 2.90. The topological polar surface area (TPSA) is 50.8 Å². The summed E-state index contributed by atoms with van der Waals surface area (Å²) < 4.78 is 11.5. The van der Waals surface area contributed by atoms with E-state index in [2.05, 4.69) is 11.4 Å². The maximum absolute atomic E-state index is 12.5. The van der Waals surface area contributed by atoms with Gasteiger partial charge in [-0.2, -0.15) is 0 Å². The lowest BCUT2D eigenvalue weighted by molar-refractivity contribution is 0.206. The molecule has 4 rings (SSSR count). The van der Waals surface area contributed by atoms with E-state index < -0.39 is 0 Å². The number of hydrogen-bond acceptors (Lipinski definition) is 3. The molecule has 0 unspecified atom stereocenters. The quantitative estimate of drug-likeness (QED) is 0.933. The predicted molar refractivity (Wildman–Crippen MR) is 95.0 cm³/mol. The highest BCUT2D eigenvalue weighted by Gasteiger charge is 2.26. The van der Waals surface area contributed by atoms with Gasteiger partial charge < -0.3 is 19.7 Å². The highest BCUT2D eigenvalue weighted by molar-refractivity contribution is 5.74. The van der Waals surface area contributed by atoms with Crippen molar-refractivity contribution in [1.82, 2.24) is 10.2 Å². The van der Waals surface area contributed by atoms with Gasteiger partial charge in [-0.1, -0.05) is 30.3 Å². The zero-order valence-electron chi connectivity index (χ0n) is 14.4. The lowest BCUT2D eigenvalue weighted by atomic mass is 9.99. The van der Waals surface area contributed by atoms with E-state index in [0.29, 0.717) is 26.3 Å². The Bertz CT molecular complexity index is 757. The summed E-state index contributed by atoms with van der Waals surface area (Å²) in [4.78, 5) is 14.2. The van der Waals surface area contributed by atoms with Crippen molar-refractivity contribution in [1.29, 1.82) is 0 Å². The molecule has 2 aromatic rings. The van der Waals surface area contributed by atoms with E-state index in [0.717, 1.165) is 35.5 Å². The number of amides is 2. The number of nitrogens with one attached hydrogen (secondary N) is 1. The van der Waals surface area contributed by atoms with E-state index in [9.17, 15) is 4.79 Å². The number of urea groups is 1. The van der Waals surface area contributed by atoms with Gasteiger partial charge in [-0.15, -0.1) is 0 Å². The molecule has 2 amide bonds. The van der Waals surface area contributed by atoms with Crippen molar-refractivity contribution in [3.63, 3.8) is 0 Å². The van der Waals surface area contributed by atoms with Crippen LogP contribution in [0, 0.1) is 0 Å². The van der Waals surface area contributed by atoms with Gasteiger partial charge in [0.1, 0.15) is 11.5 Å². The summed E-state index contributed by atoms with van der Waals surface area (Å²) in [5.74, 6) is 1.89. The average molecular weight is 338 g/mol. The van der Waals surface area contributed by atoms with Crippen molar-refractivity contribution in [2.45, 2.75) is 25.9 Å². The summed E-state index contributed by atoms with van der Waals surface area (Å²) in [5, 5.41) is 3.03. The summed E-state index contributed by atoms with van der Waals surface area (Å²) in [6.45, 7) is 2.45. The molecule has 25 heavy (non-hydrogen) atoms. The number of hydrogen-bond donors (Lipinski definition) is 1. The second-order valence-corrected chi connectivity index (χ2v) is 6.52. The summed E-state index contributed by atoms with van der Waals surface area (Å²) >= 11 is 0. The van der Waals surface area contributed by atoms with Crippen molar-refractivity contribution in [2.24, 2.45) is 0 Å². The standard InChI is InChI=1S/C20H22N2O3/c1-22(13-14-5-3-2-4-6-14)20(23)21-12-17-16-8-10-24-18(16)11-15-7-9-25-19(15)17/h2-6,11H,7-10,12-13H2,1H3,(H,21,23). The minimum Gasteiger partial charge on any atom is -0.493 e. The first kappa shape index (κ1) is 15.8. The molecule has 0 bridgehead atoms. The van der Waals surface area contributed by atoms with Gasteiger partial charge in [0, 0.05) is 49.7 Å². The summed E-state index contributed by atoms with van der Waals surface area (Å²) in [7, 11) is 1.81. The van der Waals surface area contributed by atoms with E-state index >= 15 is 0 Å². The number of ether oxygens (including phenoxy) is 2. The molecule has 0 saturated carbocycles. The highest BCUT2D eigenvalue weighted by Crippen LogP contribution is 2.40. The Labute approximate surface area is 147 Å². The normalized spacial score (nSPS) is 14.3. The van der Waals surface area contributed by atoms with Crippen LogP contribution in [0.3, 0.4) is 0 Å². The number of rotatable bonds is 4. The fraction of sp³-hybridized carbons (Fsp3) is 0.350. The molecule has 0 atom stereocenters. The van der Waals surface area contributed by atoms with Crippen LogP contribution in [-0.2, 0) is 25.9 Å². The second-order valence-electron chi connectivity index (χ2n) is 6.52. The molecule has 2 heterocycles. The monoisotopic (exact) mass is 338 g/mol. The van der Waals surface area contributed by atoms with Crippen LogP contribution in [0.25, 0.3) is 0 Å². The zero-order chi connectivity index (χ0) is 17.2. The first-order valence-electron chi connectivity index (χ1n) is 8.68. The molecule has 0 aliphatic carbocycles. The Morgan fingerprint density at radius 1 is 1.16 bits per heavy atom. The number of fused-ring (bicyclic) bond motifs is 2. The van der Waals surface area contributed by atoms with Gasteiger partial charge >= 0.3 is 6.03 Å². The molecule has 0 saturated heterocycles. The molecule has 0 radical (unpaired) electrons. The third kappa shape index (κ3) is 3.14. The molecule has 2 aliphatic heterocycles. The summed E-state index contributed by atoms with van der Waals surface area (Å²) in [6, 6.07) is 12.0. The lowest BCUT2D eigenvalue weighted by Crippen LogP contribution is -2.36. The lowest BCUT2D eigenvalue weighted by Gasteiger charge is -2.19. The molecular formula is C20H22N2O3. The van der Waals surface area contributed by atoms with Crippen LogP contribution in [0.2, 0.25) is 0 Å². The molecule has 0 aromatic heterocycles. The Hall–Kier alpha value is -2.69. The maximum Gasteiger partial charge on any atom is 0.317 e. The molecule has 2 aliphatic rings. The first-order valence-corrected chi connectivity index (χ1v) is 8.68. The number of nitrogens with zero attached hydrogens (tertiary/aromatic N) is 1. The number of benzene rings is 2. The molecule has 5 nitrogen and oxygen atoms in total. The molecule has 1 N–H and O–H groups in total. The molecule has 2 aromatic carbocycles. The fourth-order valence-electron chi connectivity index (χ4n) is 3.50. The largest absolute Gasteiger partial charge is 0.493 e. The summed E-state index contributed by atoms with van der Waals surface area (Å²) in [6.07, 6.45) is 1.78. The van der Waals surface area contributed by atoms with Crippen molar-refractivity contribution in [3.05, 3.63) is 58.7 Å². The fourth-order valence-corrected chi connectivity index (χ4v) is 3.50. The Balaban J connectivity index is 1.46. The van der Waals surface area contributed by atoms with Crippen LogP contribution in [-0.4, -0.2) is 31.2 Å². The molecule has 0 fully saturated rings. The van der Waals surface area contributed by atoms with Crippen molar-refractivity contribution < 1.29 is 14.3 Å². The average Bonchev–Trinajstić information content (AvgIpc) is 3.28. The first-order chi connectivity index (χ1) is 12.2. The summed E-state index contributed by atoms with van der Waals surface area (Å²) in [5.41, 5.74) is 4.54. The van der Waals surface area contributed by atoms with Crippen molar-refractivity contribution in [3.8, 4) is 11.5 Å². The van der Waals surface area contributed by atoms with Gasteiger partial charge in [-0.3, -0.25) is 0 Å². The van der Waals surface area contributed by atoms with Crippen LogP contribution in [0.1, 0.15) is 22.3 Å².